The zero-order valence-corrected chi connectivity index (χ0v) is 12.9. The van der Waals surface area contributed by atoms with Crippen LogP contribution in [0.25, 0.3) is 0 Å². The molecule has 18 heavy (non-hydrogen) atoms. The molecule has 0 radical (unpaired) electrons. The standard InChI is InChI=1S/C15H23BrFN/c1-3-5-6-12(4-2)10-18-11-13-7-8-15(17)14(16)9-13/h7-9,12,18H,3-6,10-11H2,1-2H3. The maximum Gasteiger partial charge on any atom is 0.137 e. The van der Waals surface area contributed by atoms with Gasteiger partial charge in [-0.2, -0.15) is 0 Å². The van der Waals surface area contributed by atoms with Crippen LogP contribution in [-0.4, -0.2) is 6.54 Å². The van der Waals surface area contributed by atoms with Gasteiger partial charge >= 0.3 is 0 Å². The summed E-state index contributed by atoms with van der Waals surface area (Å²) >= 11 is 3.21. The van der Waals surface area contributed by atoms with Crippen LogP contribution in [0, 0.1) is 11.7 Å². The van der Waals surface area contributed by atoms with Crippen LogP contribution in [0.15, 0.2) is 22.7 Å². The van der Waals surface area contributed by atoms with E-state index < -0.39 is 0 Å². The number of nitrogens with one attached hydrogen (secondary N) is 1. The number of halogens is 2. The van der Waals surface area contributed by atoms with Crippen molar-refractivity contribution in [3.05, 3.63) is 34.1 Å². The van der Waals surface area contributed by atoms with Crippen molar-refractivity contribution in [1.82, 2.24) is 5.32 Å². The van der Waals surface area contributed by atoms with Gasteiger partial charge in [0.05, 0.1) is 4.47 Å². The van der Waals surface area contributed by atoms with Gasteiger partial charge < -0.3 is 5.32 Å². The quantitative estimate of drug-likeness (QED) is 0.720. The van der Waals surface area contributed by atoms with Crippen molar-refractivity contribution < 1.29 is 4.39 Å². The fraction of sp³-hybridized carbons (Fsp3) is 0.600. The van der Waals surface area contributed by atoms with Crippen LogP contribution < -0.4 is 5.32 Å². The molecule has 1 rings (SSSR count). The number of benzene rings is 1. The summed E-state index contributed by atoms with van der Waals surface area (Å²) in [5.74, 6) is 0.557. The van der Waals surface area contributed by atoms with Gasteiger partial charge in [-0.15, -0.1) is 0 Å². The van der Waals surface area contributed by atoms with Gasteiger partial charge in [0.1, 0.15) is 5.82 Å². The molecule has 0 aliphatic heterocycles. The van der Waals surface area contributed by atoms with Gasteiger partial charge in [0.2, 0.25) is 0 Å². The first-order chi connectivity index (χ1) is 8.67. The summed E-state index contributed by atoms with van der Waals surface area (Å²) in [6.45, 7) is 6.33. The van der Waals surface area contributed by atoms with Crippen molar-refractivity contribution in [2.24, 2.45) is 5.92 Å². The Morgan fingerprint density at radius 3 is 2.72 bits per heavy atom. The van der Waals surface area contributed by atoms with Gasteiger partial charge in [0.25, 0.3) is 0 Å². The first-order valence-corrected chi connectivity index (χ1v) is 7.61. The Morgan fingerprint density at radius 2 is 2.11 bits per heavy atom. The summed E-state index contributed by atoms with van der Waals surface area (Å²) in [5.41, 5.74) is 1.12. The van der Waals surface area contributed by atoms with Crippen LogP contribution >= 0.6 is 15.9 Å². The molecule has 1 N–H and O–H groups in total. The van der Waals surface area contributed by atoms with Crippen molar-refractivity contribution in [2.75, 3.05) is 6.54 Å². The van der Waals surface area contributed by atoms with Crippen LogP contribution in [0.2, 0.25) is 0 Å². The molecule has 0 spiro atoms. The third-order valence-corrected chi connectivity index (χ3v) is 3.90. The van der Waals surface area contributed by atoms with Crippen molar-refractivity contribution in [3.63, 3.8) is 0 Å². The lowest BCUT2D eigenvalue weighted by Gasteiger charge is -2.15. The van der Waals surface area contributed by atoms with Crippen molar-refractivity contribution in [1.29, 1.82) is 0 Å². The van der Waals surface area contributed by atoms with Crippen LogP contribution in [0.1, 0.15) is 45.1 Å². The highest BCUT2D eigenvalue weighted by molar-refractivity contribution is 9.10. The number of hydrogen-bond acceptors (Lipinski definition) is 1. The van der Waals surface area contributed by atoms with Gasteiger partial charge in [-0.3, -0.25) is 0 Å². The van der Waals surface area contributed by atoms with E-state index in [2.05, 4.69) is 35.1 Å². The minimum atomic E-state index is -0.201. The van der Waals surface area contributed by atoms with E-state index in [0.717, 1.165) is 24.6 Å². The second-order valence-corrected chi connectivity index (χ2v) is 5.65. The zero-order chi connectivity index (χ0) is 13.4. The Kier molecular flexibility index (Phi) is 7.52. The molecule has 0 amide bonds. The second kappa shape index (κ2) is 8.65. The SMILES string of the molecule is CCCCC(CC)CNCc1ccc(F)c(Br)c1. The van der Waals surface area contributed by atoms with Crippen molar-refractivity contribution in [3.8, 4) is 0 Å². The molecule has 1 aromatic carbocycles. The Hall–Kier alpha value is -0.410. The summed E-state index contributed by atoms with van der Waals surface area (Å²) in [7, 11) is 0. The fourth-order valence-corrected chi connectivity index (χ4v) is 2.44. The van der Waals surface area contributed by atoms with Crippen molar-refractivity contribution in [2.45, 2.75) is 46.1 Å². The predicted octanol–water partition coefficient (Wildman–Crippen LogP) is 4.89. The molecule has 1 aromatic rings. The second-order valence-electron chi connectivity index (χ2n) is 4.80. The molecule has 0 aliphatic rings. The van der Waals surface area contributed by atoms with E-state index in [9.17, 15) is 4.39 Å². The normalized spacial score (nSPS) is 12.7. The molecule has 0 aromatic heterocycles. The highest BCUT2D eigenvalue weighted by Gasteiger charge is 2.05. The van der Waals surface area contributed by atoms with Gasteiger partial charge in [0, 0.05) is 6.54 Å². The van der Waals surface area contributed by atoms with E-state index in [4.69, 9.17) is 0 Å². The van der Waals surface area contributed by atoms with E-state index in [1.54, 1.807) is 0 Å². The van der Waals surface area contributed by atoms with Gasteiger partial charge in [0.15, 0.2) is 0 Å². The minimum absolute atomic E-state index is 0.201. The molecule has 102 valence electrons. The zero-order valence-electron chi connectivity index (χ0n) is 11.3. The Balaban J connectivity index is 2.33. The molecular formula is C15H23BrFN. The highest BCUT2D eigenvalue weighted by Crippen LogP contribution is 2.17. The van der Waals surface area contributed by atoms with Crippen LogP contribution in [0.3, 0.4) is 0 Å². The number of unbranched alkanes of at least 4 members (excludes halogenated alkanes) is 1. The first-order valence-electron chi connectivity index (χ1n) is 6.82. The van der Waals surface area contributed by atoms with E-state index in [0.29, 0.717) is 4.47 Å². The molecule has 0 saturated heterocycles. The third kappa shape index (κ3) is 5.49. The smallest absolute Gasteiger partial charge is 0.137 e. The summed E-state index contributed by atoms with van der Waals surface area (Å²) in [6, 6.07) is 5.19. The molecule has 1 atom stereocenters. The number of rotatable bonds is 8. The van der Waals surface area contributed by atoms with E-state index in [1.165, 1.54) is 31.7 Å². The summed E-state index contributed by atoms with van der Waals surface area (Å²) in [5, 5.41) is 3.46. The maximum absolute atomic E-state index is 13.1. The molecule has 0 bridgehead atoms. The summed E-state index contributed by atoms with van der Waals surface area (Å²) < 4.78 is 13.6. The molecule has 0 fully saturated rings. The van der Waals surface area contributed by atoms with Crippen LogP contribution in [0.4, 0.5) is 4.39 Å². The van der Waals surface area contributed by atoms with Crippen molar-refractivity contribution >= 4 is 15.9 Å². The topological polar surface area (TPSA) is 12.0 Å². The Bertz CT molecular complexity index is 354. The largest absolute Gasteiger partial charge is 0.312 e. The van der Waals surface area contributed by atoms with Crippen LogP contribution in [0.5, 0.6) is 0 Å². The lowest BCUT2D eigenvalue weighted by molar-refractivity contribution is 0.419. The van der Waals surface area contributed by atoms with E-state index in [1.807, 2.05) is 12.1 Å². The highest BCUT2D eigenvalue weighted by atomic mass is 79.9. The molecule has 3 heteroatoms. The molecule has 1 unspecified atom stereocenters. The third-order valence-electron chi connectivity index (χ3n) is 3.29. The lowest BCUT2D eigenvalue weighted by atomic mass is 9.99. The van der Waals surface area contributed by atoms with Crippen LogP contribution in [-0.2, 0) is 6.54 Å². The first kappa shape index (κ1) is 15.6. The molecule has 0 heterocycles. The van der Waals surface area contributed by atoms with Gasteiger partial charge in [-0.25, -0.2) is 4.39 Å². The average Bonchev–Trinajstić information content (AvgIpc) is 2.37. The average molecular weight is 316 g/mol. The fourth-order valence-electron chi connectivity index (χ4n) is 2.01. The molecule has 1 nitrogen and oxygen atoms in total. The number of hydrogen-bond donors (Lipinski definition) is 1. The monoisotopic (exact) mass is 315 g/mol. The molecular weight excluding hydrogens is 293 g/mol. The maximum atomic E-state index is 13.1. The van der Waals surface area contributed by atoms with E-state index >= 15 is 0 Å². The summed E-state index contributed by atoms with van der Waals surface area (Å²) in [6.07, 6.45) is 5.09. The molecule has 0 aliphatic carbocycles. The molecule has 0 saturated carbocycles. The summed E-state index contributed by atoms with van der Waals surface area (Å²) in [4.78, 5) is 0. The Labute approximate surface area is 118 Å². The Morgan fingerprint density at radius 1 is 1.33 bits per heavy atom. The lowest BCUT2D eigenvalue weighted by Crippen LogP contribution is -2.22. The van der Waals surface area contributed by atoms with E-state index in [-0.39, 0.29) is 5.82 Å². The van der Waals surface area contributed by atoms with Gasteiger partial charge in [-0.05, 0) is 52.5 Å². The predicted molar refractivity (Wildman–Crippen MR) is 79.1 cm³/mol. The minimum Gasteiger partial charge on any atom is -0.312 e. The van der Waals surface area contributed by atoms with Gasteiger partial charge in [-0.1, -0.05) is 39.2 Å².